The molecule has 0 heterocycles. The van der Waals surface area contributed by atoms with Crippen LogP contribution in [0.3, 0.4) is 0 Å². The SMILES string of the molecule is CNC(=O)C(Cc1ccccc1)N(Cc1ccccc1Cl)C(=O)CN(c1ccc(Cl)cc1)S(=O)(=O)c1ccc(OC)cc1. The van der Waals surface area contributed by atoms with Crippen molar-refractivity contribution < 1.29 is 22.7 Å². The zero-order valence-corrected chi connectivity index (χ0v) is 25.9. The number of hydrogen-bond acceptors (Lipinski definition) is 5. The fraction of sp³-hybridized carbons (Fsp3) is 0.188. The quantitative estimate of drug-likeness (QED) is 0.218. The van der Waals surface area contributed by atoms with Gasteiger partial charge in [0.2, 0.25) is 11.8 Å². The zero-order chi connectivity index (χ0) is 31.0. The minimum atomic E-state index is -4.25. The van der Waals surface area contributed by atoms with Crippen LogP contribution < -0.4 is 14.4 Å². The lowest BCUT2D eigenvalue weighted by molar-refractivity contribution is -0.139. The van der Waals surface area contributed by atoms with Gasteiger partial charge in [-0.25, -0.2) is 8.42 Å². The standard InChI is InChI=1S/C32H31Cl2N3O5S/c1-35-32(39)30(20-23-8-4-3-5-9-23)36(21-24-10-6-7-11-29(24)34)31(38)22-37(26-14-12-25(33)13-15-26)43(40,41)28-18-16-27(42-2)17-19-28/h3-19,30H,20-22H2,1-2H3,(H,35,39). The van der Waals surface area contributed by atoms with E-state index in [9.17, 15) is 18.0 Å². The maximum Gasteiger partial charge on any atom is 0.264 e. The number of hydrogen-bond donors (Lipinski definition) is 1. The summed E-state index contributed by atoms with van der Waals surface area (Å²) in [6, 6.07) is 27.3. The van der Waals surface area contributed by atoms with Crippen LogP contribution in [-0.2, 0) is 32.6 Å². The van der Waals surface area contributed by atoms with Crippen LogP contribution in [0.4, 0.5) is 5.69 Å². The molecule has 0 fully saturated rings. The summed E-state index contributed by atoms with van der Waals surface area (Å²) in [5, 5.41) is 3.47. The molecule has 4 aromatic carbocycles. The number of ether oxygens (including phenoxy) is 1. The van der Waals surface area contributed by atoms with Gasteiger partial charge in [-0.2, -0.15) is 0 Å². The first-order valence-electron chi connectivity index (χ1n) is 13.3. The van der Waals surface area contributed by atoms with Gasteiger partial charge in [-0.15, -0.1) is 0 Å². The molecule has 0 spiro atoms. The number of halogens is 2. The van der Waals surface area contributed by atoms with E-state index in [1.807, 2.05) is 30.3 Å². The molecule has 4 rings (SSSR count). The van der Waals surface area contributed by atoms with E-state index in [0.29, 0.717) is 21.4 Å². The Bertz CT molecular complexity index is 1650. The number of methoxy groups -OCH3 is 1. The molecule has 0 bridgehead atoms. The third-order valence-electron chi connectivity index (χ3n) is 6.86. The number of sulfonamides is 1. The number of carbonyl (C=O) groups excluding carboxylic acids is 2. The van der Waals surface area contributed by atoms with Crippen molar-refractivity contribution in [2.24, 2.45) is 0 Å². The van der Waals surface area contributed by atoms with Crippen molar-refractivity contribution in [3.63, 3.8) is 0 Å². The van der Waals surface area contributed by atoms with Gasteiger partial charge in [-0.05, 0) is 65.7 Å². The van der Waals surface area contributed by atoms with E-state index < -0.39 is 34.4 Å². The van der Waals surface area contributed by atoms with Gasteiger partial charge in [0.15, 0.2) is 0 Å². The Kier molecular flexibility index (Phi) is 10.7. The smallest absolute Gasteiger partial charge is 0.264 e. The highest BCUT2D eigenvalue weighted by molar-refractivity contribution is 7.92. The summed E-state index contributed by atoms with van der Waals surface area (Å²) in [6.45, 7) is -0.622. The number of carbonyl (C=O) groups is 2. The minimum Gasteiger partial charge on any atom is -0.497 e. The molecule has 0 aliphatic rings. The first kappa shape index (κ1) is 31.9. The maximum absolute atomic E-state index is 14.3. The van der Waals surface area contributed by atoms with Crippen molar-refractivity contribution in [2.75, 3.05) is 25.0 Å². The molecule has 0 aromatic heterocycles. The molecule has 0 aliphatic heterocycles. The van der Waals surface area contributed by atoms with Crippen LogP contribution in [0.2, 0.25) is 10.0 Å². The van der Waals surface area contributed by atoms with Gasteiger partial charge in [0, 0.05) is 30.1 Å². The monoisotopic (exact) mass is 639 g/mol. The average molecular weight is 641 g/mol. The fourth-order valence-corrected chi connectivity index (χ4v) is 6.28. The van der Waals surface area contributed by atoms with Gasteiger partial charge >= 0.3 is 0 Å². The summed E-state index contributed by atoms with van der Waals surface area (Å²) >= 11 is 12.6. The third-order valence-corrected chi connectivity index (χ3v) is 9.27. The lowest BCUT2D eigenvalue weighted by Crippen LogP contribution is -2.53. The Balaban J connectivity index is 1.79. The second-order valence-corrected chi connectivity index (χ2v) is 12.3. The van der Waals surface area contributed by atoms with Crippen LogP contribution >= 0.6 is 23.2 Å². The van der Waals surface area contributed by atoms with Crippen LogP contribution in [0, 0.1) is 0 Å². The number of anilines is 1. The molecule has 0 radical (unpaired) electrons. The summed E-state index contributed by atoms with van der Waals surface area (Å²) in [6.07, 6.45) is 0.197. The van der Waals surface area contributed by atoms with Crippen molar-refractivity contribution in [1.29, 1.82) is 0 Å². The Morgan fingerprint density at radius 2 is 1.49 bits per heavy atom. The van der Waals surface area contributed by atoms with Gasteiger partial charge in [0.05, 0.1) is 17.7 Å². The second-order valence-electron chi connectivity index (χ2n) is 9.60. The van der Waals surface area contributed by atoms with E-state index in [1.54, 1.807) is 36.4 Å². The van der Waals surface area contributed by atoms with Crippen LogP contribution in [0.25, 0.3) is 0 Å². The van der Waals surface area contributed by atoms with Crippen molar-refractivity contribution in [3.8, 4) is 5.75 Å². The first-order valence-corrected chi connectivity index (χ1v) is 15.5. The summed E-state index contributed by atoms with van der Waals surface area (Å²) < 4.78 is 34.2. The fourth-order valence-electron chi connectivity index (χ4n) is 4.54. The predicted octanol–water partition coefficient (Wildman–Crippen LogP) is 5.58. The number of amides is 2. The normalized spacial score (nSPS) is 11.8. The number of nitrogens with one attached hydrogen (secondary N) is 1. The molecule has 11 heteroatoms. The molecular weight excluding hydrogens is 609 g/mol. The molecule has 1 atom stereocenters. The Hall–Kier alpha value is -4.05. The molecule has 4 aromatic rings. The number of likely N-dealkylation sites (N-methyl/N-ethyl adjacent to an activating group) is 1. The second kappa shape index (κ2) is 14.4. The number of rotatable bonds is 12. The minimum absolute atomic E-state index is 0.0273. The van der Waals surface area contributed by atoms with Crippen molar-refractivity contribution in [3.05, 3.63) is 124 Å². The molecule has 43 heavy (non-hydrogen) atoms. The number of benzene rings is 4. The first-order chi connectivity index (χ1) is 20.6. The van der Waals surface area contributed by atoms with E-state index in [4.69, 9.17) is 27.9 Å². The lowest BCUT2D eigenvalue weighted by Gasteiger charge is -2.33. The summed E-state index contributed by atoms with van der Waals surface area (Å²) in [4.78, 5) is 28.9. The van der Waals surface area contributed by atoms with E-state index in [1.165, 1.54) is 55.5 Å². The Labute approximate surface area is 261 Å². The molecule has 8 nitrogen and oxygen atoms in total. The number of nitrogens with zero attached hydrogens (tertiary/aromatic N) is 2. The Morgan fingerprint density at radius 3 is 2.09 bits per heavy atom. The van der Waals surface area contributed by atoms with Gasteiger partial charge < -0.3 is 15.0 Å². The molecular formula is C32H31Cl2N3O5S. The Morgan fingerprint density at radius 1 is 0.860 bits per heavy atom. The molecule has 0 aliphatic carbocycles. The van der Waals surface area contributed by atoms with Crippen LogP contribution in [0.15, 0.2) is 108 Å². The summed E-state index contributed by atoms with van der Waals surface area (Å²) in [5.41, 5.74) is 1.66. The van der Waals surface area contributed by atoms with Crippen LogP contribution in [0.5, 0.6) is 5.75 Å². The van der Waals surface area contributed by atoms with Crippen molar-refractivity contribution >= 4 is 50.7 Å². The highest BCUT2D eigenvalue weighted by Crippen LogP contribution is 2.28. The van der Waals surface area contributed by atoms with Crippen molar-refractivity contribution in [1.82, 2.24) is 10.2 Å². The largest absolute Gasteiger partial charge is 0.497 e. The van der Waals surface area contributed by atoms with Crippen molar-refractivity contribution in [2.45, 2.75) is 23.9 Å². The van der Waals surface area contributed by atoms with Gasteiger partial charge in [0.1, 0.15) is 18.3 Å². The molecule has 2 amide bonds. The van der Waals surface area contributed by atoms with Gasteiger partial charge in [-0.1, -0.05) is 71.7 Å². The summed E-state index contributed by atoms with van der Waals surface area (Å²) in [7, 11) is -1.28. The molecule has 0 saturated heterocycles. The van der Waals surface area contributed by atoms with E-state index in [-0.39, 0.29) is 23.5 Å². The van der Waals surface area contributed by atoms with E-state index in [0.717, 1.165) is 9.87 Å². The third kappa shape index (κ3) is 7.87. The maximum atomic E-state index is 14.3. The van der Waals surface area contributed by atoms with E-state index >= 15 is 0 Å². The van der Waals surface area contributed by atoms with Gasteiger partial charge in [0.25, 0.3) is 10.0 Å². The average Bonchev–Trinajstić information content (AvgIpc) is 3.02. The van der Waals surface area contributed by atoms with Gasteiger partial charge in [-0.3, -0.25) is 13.9 Å². The molecule has 224 valence electrons. The van der Waals surface area contributed by atoms with Crippen LogP contribution in [0.1, 0.15) is 11.1 Å². The highest BCUT2D eigenvalue weighted by Gasteiger charge is 2.34. The van der Waals surface area contributed by atoms with Crippen LogP contribution in [-0.4, -0.2) is 51.9 Å². The van der Waals surface area contributed by atoms with E-state index in [2.05, 4.69) is 5.32 Å². The predicted molar refractivity (Wildman–Crippen MR) is 169 cm³/mol. The zero-order valence-electron chi connectivity index (χ0n) is 23.6. The lowest BCUT2D eigenvalue weighted by atomic mass is 10.0. The molecule has 1 N–H and O–H groups in total. The topological polar surface area (TPSA) is 96.0 Å². The molecule has 0 saturated carbocycles. The summed E-state index contributed by atoms with van der Waals surface area (Å²) in [5.74, 6) is -0.523. The highest BCUT2D eigenvalue weighted by atomic mass is 35.5. The molecule has 1 unspecified atom stereocenters.